The summed E-state index contributed by atoms with van der Waals surface area (Å²) >= 11 is 3.41. The van der Waals surface area contributed by atoms with E-state index in [1.807, 2.05) is 24.3 Å². The highest BCUT2D eigenvalue weighted by atomic mass is 79.9. The average molecular weight is 381 g/mol. The van der Waals surface area contributed by atoms with Gasteiger partial charge in [-0.05, 0) is 24.6 Å². The molecule has 1 aliphatic carbocycles. The first-order valence-electron chi connectivity index (χ1n) is 7.20. The summed E-state index contributed by atoms with van der Waals surface area (Å²) in [5.74, 6) is -1.99. The molecule has 23 heavy (non-hydrogen) atoms. The zero-order valence-corrected chi connectivity index (χ0v) is 14.3. The third kappa shape index (κ3) is 2.64. The van der Waals surface area contributed by atoms with Gasteiger partial charge in [0, 0.05) is 28.1 Å². The number of benzene rings is 1. The number of H-pyrrole nitrogens is 2. The number of ether oxygens (including phenoxy) is 1. The summed E-state index contributed by atoms with van der Waals surface area (Å²) < 4.78 is 5.74. The van der Waals surface area contributed by atoms with Crippen LogP contribution in [0.1, 0.15) is 29.7 Å². The number of aromatic nitrogens is 2. The maximum absolute atomic E-state index is 12.4. The Bertz CT molecular complexity index is 808. The molecule has 1 heterocycles. The molecule has 1 aromatic carbocycles. The van der Waals surface area contributed by atoms with Crippen LogP contribution < -0.4 is 5.56 Å². The number of aliphatic hydroxyl groups is 1. The maximum Gasteiger partial charge on any atom is 0.312 e. The van der Waals surface area contributed by atoms with E-state index in [0.717, 1.165) is 10.0 Å². The molecule has 2 aromatic rings. The van der Waals surface area contributed by atoms with Crippen LogP contribution >= 0.6 is 15.9 Å². The zero-order valence-electron chi connectivity index (χ0n) is 12.7. The molecule has 0 fully saturated rings. The van der Waals surface area contributed by atoms with Crippen molar-refractivity contribution in [1.29, 1.82) is 0 Å². The number of nitrogens with one attached hydrogen (secondary N) is 2. The van der Waals surface area contributed by atoms with Gasteiger partial charge < -0.3 is 14.9 Å². The van der Waals surface area contributed by atoms with E-state index < -0.39 is 23.4 Å². The van der Waals surface area contributed by atoms with Gasteiger partial charge in [-0.1, -0.05) is 28.1 Å². The monoisotopic (exact) mass is 380 g/mol. The molecule has 1 aliphatic rings. The second kappa shape index (κ2) is 5.65. The van der Waals surface area contributed by atoms with Gasteiger partial charge in [-0.2, -0.15) is 0 Å². The zero-order chi connectivity index (χ0) is 16.8. The Morgan fingerprint density at radius 3 is 2.83 bits per heavy atom. The topological polar surface area (TPSA) is 95.2 Å². The van der Waals surface area contributed by atoms with Gasteiger partial charge in [0.2, 0.25) is 0 Å². The molecule has 6 nitrogen and oxygen atoms in total. The average Bonchev–Trinajstić information content (AvgIpc) is 2.84. The quantitative estimate of drug-likeness (QED) is 0.690. The number of aromatic amines is 2. The highest BCUT2D eigenvalue weighted by molar-refractivity contribution is 9.10. The number of fused-ring (bicyclic) bond motifs is 1. The molecule has 3 N–H and O–H groups in total. The minimum Gasteiger partial charge on any atom is -0.469 e. The first kappa shape index (κ1) is 16.0. The van der Waals surface area contributed by atoms with Crippen molar-refractivity contribution in [2.45, 2.75) is 24.9 Å². The van der Waals surface area contributed by atoms with Crippen LogP contribution in [-0.4, -0.2) is 34.0 Å². The predicted octanol–water partition coefficient (Wildman–Crippen LogP) is 1.69. The summed E-state index contributed by atoms with van der Waals surface area (Å²) in [7, 11) is 1.28. The van der Waals surface area contributed by atoms with Crippen LogP contribution in [0.2, 0.25) is 0 Å². The van der Waals surface area contributed by atoms with Crippen LogP contribution in [-0.2, 0) is 16.0 Å². The van der Waals surface area contributed by atoms with Crippen LogP contribution in [0.25, 0.3) is 0 Å². The van der Waals surface area contributed by atoms with Crippen LogP contribution in [0, 0.1) is 5.92 Å². The van der Waals surface area contributed by atoms with Gasteiger partial charge in [0.05, 0.1) is 18.6 Å². The molecule has 0 saturated carbocycles. The van der Waals surface area contributed by atoms with E-state index in [2.05, 4.69) is 26.1 Å². The molecule has 3 atom stereocenters. The fraction of sp³-hybridized carbons (Fsp3) is 0.375. The van der Waals surface area contributed by atoms with Crippen LogP contribution in [0.15, 0.2) is 33.5 Å². The Hall–Kier alpha value is -1.86. The number of hydrogen-bond acceptors (Lipinski definition) is 4. The van der Waals surface area contributed by atoms with Crippen molar-refractivity contribution >= 4 is 21.9 Å². The second-order valence-electron chi connectivity index (χ2n) is 6.04. The number of carbonyl (C=O) groups is 1. The third-order valence-corrected chi connectivity index (χ3v) is 4.90. The molecule has 0 unspecified atom stereocenters. The molecule has 0 amide bonds. The third-order valence-electron chi connectivity index (χ3n) is 4.41. The Labute approximate surface area is 141 Å². The predicted molar refractivity (Wildman–Crippen MR) is 87.2 cm³/mol. The first-order chi connectivity index (χ1) is 10.8. The molecule has 0 radical (unpaired) electrons. The summed E-state index contributed by atoms with van der Waals surface area (Å²) in [6, 6.07) is 7.37. The molecular weight excluding hydrogens is 364 g/mol. The van der Waals surface area contributed by atoms with Crippen molar-refractivity contribution in [3.63, 3.8) is 0 Å². The van der Waals surface area contributed by atoms with Crippen molar-refractivity contribution < 1.29 is 14.6 Å². The molecule has 0 bridgehead atoms. The maximum atomic E-state index is 12.4. The van der Waals surface area contributed by atoms with Crippen molar-refractivity contribution in [1.82, 2.24) is 10.2 Å². The van der Waals surface area contributed by atoms with Crippen LogP contribution in [0.4, 0.5) is 0 Å². The van der Waals surface area contributed by atoms with E-state index in [-0.39, 0.29) is 12.0 Å². The molecule has 3 rings (SSSR count). The van der Waals surface area contributed by atoms with E-state index in [1.165, 1.54) is 7.11 Å². The minimum atomic E-state index is -1.34. The second-order valence-corrected chi connectivity index (χ2v) is 6.95. The van der Waals surface area contributed by atoms with Gasteiger partial charge in [-0.25, -0.2) is 0 Å². The summed E-state index contributed by atoms with van der Waals surface area (Å²) in [6.45, 7) is 1.59. The Kier molecular flexibility index (Phi) is 3.93. The van der Waals surface area contributed by atoms with Crippen molar-refractivity contribution in [3.8, 4) is 0 Å². The van der Waals surface area contributed by atoms with E-state index in [1.54, 1.807) is 6.92 Å². The molecule has 0 saturated heterocycles. The number of halogens is 1. The summed E-state index contributed by atoms with van der Waals surface area (Å²) in [5.41, 5.74) is 0.240. The Morgan fingerprint density at radius 1 is 1.43 bits per heavy atom. The van der Waals surface area contributed by atoms with Gasteiger partial charge >= 0.3 is 5.97 Å². The van der Waals surface area contributed by atoms with Crippen LogP contribution in [0.3, 0.4) is 0 Å². The van der Waals surface area contributed by atoms with Crippen molar-refractivity contribution in [3.05, 3.63) is 55.9 Å². The van der Waals surface area contributed by atoms with Gasteiger partial charge in [0.25, 0.3) is 5.56 Å². The van der Waals surface area contributed by atoms with E-state index in [4.69, 9.17) is 4.74 Å². The lowest BCUT2D eigenvalue weighted by molar-refractivity contribution is -0.156. The smallest absolute Gasteiger partial charge is 0.312 e. The van der Waals surface area contributed by atoms with E-state index in [9.17, 15) is 14.7 Å². The molecule has 7 heteroatoms. The molecule has 0 aliphatic heterocycles. The molecule has 0 spiro atoms. The fourth-order valence-electron chi connectivity index (χ4n) is 3.44. The largest absolute Gasteiger partial charge is 0.469 e. The lowest BCUT2D eigenvalue weighted by Gasteiger charge is -2.40. The van der Waals surface area contributed by atoms with E-state index >= 15 is 0 Å². The standard InChI is InChI=1S/C16H17BrN2O4/c1-16(22)7-10-12(14(20)19-18-10)11(13(16)15(21)23-2)8-4-3-5-9(17)6-8/h3-6,11,13,22H,7H2,1-2H3,(H2,18,19,20)/t11-,13+,16-/m0/s1. The Balaban J connectivity index is 2.26. The van der Waals surface area contributed by atoms with Crippen molar-refractivity contribution in [2.24, 2.45) is 5.92 Å². The molecular formula is C16H17BrN2O4. The first-order valence-corrected chi connectivity index (χ1v) is 7.99. The lowest BCUT2D eigenvalue weighted by atomic mass is 9.66. The fourth-order valence-corrected chi connectivity index (χ4v) is 3.86. The number of carbonyl (C=O) groups excluding carboxylic acids is 1. The van der Waals surface area contributed by atoms with Gasteiger partial charge in [-0.15, -0.1) is 0 Å². The van der Waals surface area contributed by atoms with Crippen molar-refractivity contribution in [2.75, 3.05) is 7.11 Å². The summed E-state index contributed by atoms with van der Waals surface area (Å²) in [5, 5.41) is 16.2. The number of rotatable bonds is 2. The van der Waals surface area contributed by atoms with Gasteiger partial charge in [0.1, 0.15) is 0 Å². The highest BCUT2D eigenvalue weighted by Gasteiger charge is 2.51. The van der Waals surface area contributed by atoms with Gasteiger partial charge in [0.15, 0.2) is 0 Å². The summed E-state index contributed by atoms with van der Waals surface area (Å²) in [4.78, 5) is 24.6. The molecule has 1 aromatic heterocycles. The summed E-state index contributed by atoms with van der Waals surface area (Å²) in [6.07, 6.45) is 0.172. The van der Waals surface area contributed by atoms with Crippen LogP contribution in [0.5, 0.6) is 0 Å². The lowest BCUT2D eigenvalue weighted by Crippen LogP contribution is -2.49. The van der Waals surface area contributed by atoms with Gasteiger partial charge in [-0.3, -0.25) is 14.7 Å². The normalized spacial score (nSPS) is 26.6. The highest BCUT2D eigenvalue weighted by Crippen LogP contribution is 2.44. The number of esters is 1. The number of hydrogen-bond donors (Lipinski definition) is 3. The molecule has 122 valence electrons. The Morgan fingerprint density at radius 2 is 2.17 bits per heavy atom. The SMILES string of the molecule is COC(=O)[C@H]1[C@@H](c2cccc(Br)c2)c2c([nH][nH]c2=O)C[C@]1(C)O. The van der Waals surface area contributed by atoms with E-state index in [0.29, 0.717) is 11.3 Å². The number of methoxy groups -OCH3 is 1. The minimum absolute atomic E-state index is 0.172.